The number of hydrogen-bond donors (Lipinski definition) is 3. The summed E-state index contributed by atoms with van der Waals surface area (Å²) in [6, 6.07) is 1.50. The fraction of sp³-hybridized carbons (Fsp3) is 0.591. The zero-order valence-electron chi connectivity index (χ0n) is 16.8. The molecule has 1 aliphatic rings. The van der Waals surface area contributed by atoms with Crippen LogP contribution in [0.4, 0.5) is 0 Å². The molecule has 1 aromatic rings. The lowest BCUT2D eigenvalue weighted by atomic mass is 9.91. The third-order valence-electron chi connectivity index (χ3n) is 5.35. The van der Waals surface area contributed by atoms with Gasteiger partial charge in [0, 0.05) is 12.0 Å². The lowest BCUT2D eigenvalue weighted by molar-refractivity contribution is 0.0692. The Hall–Kier alpha value is -2.01. The molecular weight excluding hydrogens is 344 g/mol. The molecule has 0 aromatic heterocycles. The predicted octanol–water partition coefficient (Wildman–Crippen LogP) is 4.98. The van der Waals surface area contributed by atoms with Crippen molar-refractivity contribution in [2.45, 2.75) is 84.3 Å². The van der Waals surface area contributed by atoms with Crippen molar-refractivity contribution in [1.82, 2.24) is 0 Å². The molecular formula is C22H32O5. The van der Waals surface area contributed by atoms with Crippen LogP contribution in [-0.2, 0) is 17.6 Å². The first kappa shape index (κ1) is 21.3. The molecule has 0 saturated carbocycles. The van der Waals surface area contributed by atoms with Gasteiger partial charge in [-0.2, -0.15) is 0 Å². The SMILES string of the molecule is CCCCCc1cc(O)c(C[C@@H]2O[C@@]2(C)CCC=C(C)C)c(O)c1C(=O)O. The second-order valence-corrected chi connectivity index (χ2v) is 7.96. The van der Waals surface area contributed by atoms with Crippen LogP contribution in [0, 0.1) is 0 Å². The highest BCUT2D eigenvalue weighted by molar-refractivity contribution is 5.93. The summed E-state index contributed by atoms with van der Waals surface area (Å²) in [4.78, 5) is 11.7. The Morgan fingerprint density at radius 1 is 1.30 bits per heavy atom. The first-order valence-corrected chi connectivity index (χ1v) is 9.80. The van der Waals surface area contributed by atoms with Crippen molar-refractivity contribution in [1.29, 1.82) is 0 Å². The van der Waals surface area contributed by atoms with Crippen molar-refractivity contribution < 1.29 is 24.9 Å². The van der Waals surface area contributed by atoms with Crippen molar-refractivity contribution in [3.05, 3.63) is 34.4 Å². The predicted molar refractivity (Wildman–Crippen MR) is 106 cm³/mol. The maximum absolute atomic E-state index is 11.7. The number of carbonyl (C=O) groups is 1. The molecule has 0 spiro atoms. The van der Waals surface area contributed by atoms with Crippen molar-refractivity contribution in [3.63, 3.8) is 0 Å². The molecule has 0 amide bonds. The van der Waals surface area contributed by atoms with Gasteiger partial charge in [0.05, 0.1) is 11.7 Å². The average molecular weight is 376 g/mol. The number of carboxylic acids is 1. The largest absolute Gasteiger partial charge is 0.508 e. The van der Waals surface area contributed by atoms with Gasteiger partial charge in [-0.25, -0.2) is 4.79 Å². The number of aromatic hydroxyl groups is 2. The van der Waals surface area contributed by atoms with Crippen LogP contribution in [0.1, 0.15) is 81.3 Å². The average Bonchev–Trinajstić information content (AvgIpc) is 3.20. The van der Waals surface area contributed by atoms with Crippen molar-refractivity contribution in [2.75, 3.05) is 0 Å². The van der Waals surface area contributed by atoms with Crippen LogP contribution in [0.3, 0.4) is 0 Å². The van der Waals surface area contributed by atoms with Crippen LogP contribution in [0.15, 0.2) is 17.7 Å². The second-order valence-electron chi connectivity index (χ2n) is 7.96. The Morgan fingerprint density at radius 3 is 2.59 bits per heavy atom. The van der Waals surface area contributed by atoms with E-state index in [-0.39, 0.29) is 34.3 Å². The summed E-state index contributed by atoms with van der Waals surface area (Å²) in [6.07, 6.45) is 7.43. The summed E-state index contributed by atoms with van der Waals surface area (Å²) in [6.45, 7) is 8.19. The number of unbranched alkanes of at least 4 members (excludes halogenated alkanes) is 2. The van der Waals surface area contributed by atoms with Gasteiger partial charge in [-0.05, 0) is 58.1 Å². The van der Waals surface area contributed by atoms with Crippen LogP contribution in [0.2, 0.25) is 0 Å². The third-order valence-corrected chi connectivity index (χ3v) is 5.35. The standard InChI is InChI=1S/C22H32O5/c1-5-6-7-10-15-12-17(23)16(20(24)19(15)21(25)26)13-18-22(4,27-18)11-8-9-14(2)3/h9,12,18,23-24H,5-8,10-11,13H2,1-4H3,(H,25,26)/t18-,22-/m0/s1. The fourth-order valence-corrected chi connectivity index (χ4v) is 3.55. The van der Waals surface area contributed by atoms with Crippen LogP contribution in [-0.4, -0.2) is 33.0 Å². The van der Waals surface area contributed by atoms with E-state index in [1.54, 1.807) is 0 Å². The minimum atomic E-state index is -1.16. The summed E-state index contributed by atoms with van der Waals surface area (Å²) in [7, 11) is 0. The van der Waals surface area contributed by atoms with Crippen molar-refractivity contribution in [3.8, 4) is 11.5 Å². The molecule has 27 heavy (non-hydrogen) atoms. The normalized spacial score (nSPS) is 21.1. The van der Waals surface area contributed by atoms with E-state index in [2.05, 4.69) is 26.8 Å². The molecule has 1 fully saturated rings. The smallest absolute Gasteiger partial charge is 0.339 e. The molecule has 1 aromatic carbocycles. The van der Waals surface area contributed by atoms with E-state index in [1.807, 2.05) is 6.92 Å². The number of phenolic OH excluding ortho intramolecular Hbond substituents is 1. The number of hydrogen-bond acceptors (Lipinski definition) is 4. The second kappa shape index (κ2) is 8.79. The summed E-state index contributed by atoms with van der Waals surface area (Å²) in [5, 5.41) is 30.5. The molecule has 2 atom stereocenters. The zero-order chi connectivity index (χ0) is 20.2. The summed E-state index contributed by atoms with van der Waals surface area (Å²) in [5.74, 6) is -1.54. The minimum Gasteiger partial charge on any atom is -0.508 e. The highest BCUT2D eigenvalue weighted by Gasteiger charge is 2.51. The highest BCUT2D eigenvalue weighted by Crippen LogP contribution is 2.45. The van der Waals surface area contributed by atoms with Crippen LogP contribution >= 0.6 is 0 Å². The maximum Gasteiger partial charge on any atom is 0.339 e. The zero-order valence-corrected chi connectivity index (χ0v) is 16.8. The third kappa shape index (κ3) is 5.25. The number of ether oxygens (including phenoxy) is 1. The quantitative estimate of drug-likeness (QED) is 0.304. The van der Waals surface area contributed by atoms with E-state index in [0.717, 1.165) is 32.1 Å². The van der Waals surface area contributed by atoms with Gasteiger partial charge in [0.25, 0.3) is 0 Å². The molecule has 0 bridgehead atoms. The lowest BCUT2D eigenvalue weighted by Gasteiger charge is -2.14. The van der Waals surface area contributed by atoms with Crippen LogP contribution < -0.4 is 0 Å². The molecule has 0 aliphatic carbocycles. The molecule has 2 rings (SSSR count). The van der Waals surface area contributed by atoms with E-state index in [1.165, 1.54) is 11.6 Å². The molecule has 5 nitrogen and oxygen atoms in total. The van der Waals surface area contributed by atoms with Gasteiger partial charge < -0.3 is 20.1 Å². The van der Waals surface area contributed by atoms with E-state index in [0.29, 0.717) is 18.4 Å². The lowest BCUT2D eigenvalue weighted by Crippen LogP contribution is -2.13. The monoisotopic (exact) mass is 376 g/mol. The van der Waals surface area contributed by atoms with Crippen LogP contribution in [0.25, 0.3) is 0 Å². The maximum atomic E-state index is 11.7. The van der Waals surface area contributed by atoms with Gasteiger partial charge in [-0.15, -0.1) is 0 Å². The number of carboxylic acid groups (broad SMARTS) is 1. The molecule has 5 heteroatoms. The van der Waals surface area contributed by atoms with E-state index < -0.39 is 5.97 Å². The Kier molecular flexibility index (Phi) is 6.93. The summed E-state index contributed by atoms with van der Waals surface area (Å²) < 4.78 is 5.81. The molecule has 1 heterocycles. The Morgan fingerprint density at radius 2 is 2.00 bits per heavy atom. The topological polar surface area (TPSA) is 90.3 Å². The molecule has 1 aliphatic heterocycles. The molecule has 0 unspecified atom stereocenters. The first-order valence-electron chi connectivity index (χ1n) is 9.80. The number of epoxide rings is 1. The van der Waals surface area contributed by atoms with E-state index >= 15 is 0 Å². The number of aryl methyl sites for hydroxylation is 1. The number of benzene rings is 1. The first-order chi connectivity index (χ1) is 12.7. The molecule has 3 N–H and O–H groups in total. The van der Waals surface area contributed by atoms with Gasteiger partial charge in [-0.3, -0.25) is 0 Å². The van der Waals surface area contributed by atoms with Gasteiger partial charge in [0.2, 0.25) is 0 Å². The van der Waals surface area contributed by atoms with Crippen LogP contribution in [0.5, 0.6) is 11.5 Å². The number of allylic oxidation sites excluding steroid dienone is 2. The summed E-state index contributed by atoms with van der Waals surface area (Å²) in [5.41, 5.74) is 1.62. The highest BCUT2D eigenvalue weighted by atomic mass is 16.6. The fourth-order valence-electron chi connectivity index (χ4n) is 3.55. The minimum absolute atomic E-state index is 0.0499. The molecule has 150 valence electrons. The van der Waals surface area contributed by atoms with Gasteiger partial charge in [0.15, 0.2) is 0 Å². The van der Waals surface area contributed by atoms with Gasteiger partial charge in [0.1, 0.15) is 17.1 Å². The summed E-state index contributed by atoms with van der Waals surface area (Å²) >= 11 is 0. The van der Waals surface area contributed by atoms with Crippen molar-refractivity contribution in [2.24, 2.45) is 0 Å². The Balaban J connectivity index is 2.17. The van der Waals surface area contributed by atoms with E-state index in [9.17, 15) is 20.1 Å². The van der Waals surface area contributed by atoms with Gasteiger partial charge >= 0.3 is 5.97 Å². The number of aromatic carboxylic acids is 1. The van der Waals surface area contributed by atoms with Gasteiger partial charge in [-0.1, -0.05) is 31.4 Å². The van der Waals surface area contributed by atoms with E-state index in [4.69, 9.17) is 4.74 Å². The Labute approximate surface area is 161 Å². The molecule has 1 saturated heterocycles. The number of rotatable bonds is 10. The number of phenols is 2. The molecule has 0 radical (unpaired) electrons. The Bertz CT molecular complexity index is 718. The van der Waals surface area contributed by atoms with Crippen molar-refractivity contribution >= 4 is 5.97 Å².